The molecule has 0 spiro atoms. The van der Waals surface area contributed by atoms with Crippen molar-refractivity contribution in [2.75, 3.05) is 37.3 Å². The zero-order valence-electron chi connectivity index (χ0n) is 10.6. The molecule has 17 heavy (non-hydrogen) atoms. The Hall–Kier alpha value is -1.63. The van der Waals surface area contributed by atoms with Gasteiger partial charge in [0.05, 0.1) is 0 Å². The summed E-state index contributed by atoms with van der Waals surface area (Å²) >= 11 is 0. The lowest BCUT2D eigenvalue weighted by Crippen LogP contribution is -2.35. The number of aryl methyl sites for hydroxylation is 1. The summed E-state index contributed by atoms with van der Waals surface area (Å²) in [6, 6.07) is 0. The van der Waals surface area contributed by atoms with Crippen molar-refractivity contribution in [3.05, 3.63) is 16.0 Å². The number of nitrogen functional groups attached to an aromatic ring is 1. The van der Waals surface area contributed by atoms with Gasteiger partial charge in [0.15, 0.2) is 0 Å². The average molecular weight is 240 g/mol. The quantitative estimate of drug-likeness (QED) is 0.646. The van der Waals surface area contributed by atoms with Gasteiger partial charge < -0.3 is 16.1 Å². The minimum absolute atomic E-state index is 0.293. The van der Waals surface area contributed by atoms with E-state index in [2.05, 4.69) is 34.3 Å². The van der Waals surface area contributed by atoms with Gasteiger partial charge in [0, 0.05) is 13.1 Å². The van der Waals surface area contributed by atoms with Crippen LogP contribution in [-0.4, -0.2) is 46.0 Å². The zero-order valence-corrected chi connectivity index (χ0v) is 10.6. The maximum absolute atomic E-state index is 11.5. The number of rotatable bonds is 6. The summed E-state index contributed by atoms with van der Waals surface area (Å²) in [6.45, 7) is 9.33. The predicted octanol–water partition coefficient (Wildman–Crippen LogP) is -0.586. The van der Waals surface area contributed by atoms with E-state index in [-0.39, 0.29) is 5.56 Å². The lowest BCUT2D eigenvalue weighted by molar-refractivity contribution is 0.315. The van der Waals surface area contributed by atoms with Crippen molar-refractivity contribution in [2.24, 2.45) is 0 Å². The molecule has 96 valence electrons. The number of nitrogens with two attached hydrogens (primary N) is 1. The van der Waals surface area contributed by atoms with Crippen LogP contribution in [0.4, 0.5) is 5.95 Å². The van der Waals surface area contributed by atoms with Crippen LogP contribution in [-0.2, 0) is 0 Å². The topological polar surface area (TPSA) is 89.1 Å². The summed E-state index contributed by atoms with van der Waals surface area (Å²) < 4.78 is 0.991. The Bertz CT molecular complexity index is 412. The first-order valence-electron chi connectivity index (χ1n) is 5.77. The molecule has 0 amide bonds. The highest BCUT2D eigenvalue weighted by molar-refractivity contribution is 5.24. The van der Waals surface area contributed by atoms with Crippen molar-refractivity contribution < 1.29 is 0 Å². The number of aromatic nitrogens is 3. The van der Waals surface area contributed by atoms with Crippen LogP contribution < -0.4 is 16.7 Å². The largest absolute Gasteiger partial charge is 0.352 e. The third kappa shape index (κ3) is 3.42. The third-order valence-electron chi connectivity index (χ3n) is 2.66. The van der Waals surface area contributed by atoms with Crippen LogP contribution in [0, 0.1) is 6.92 Å². The molecule has 0 radical (unpaired) electrons. The maximum atomic E-state index is 11.5. The molecule has 0 fully saturated rings. The highest BCUT2D eigenvalue weighted by atomic mass is 16.1. The fourth-order valence-corrected chi connectivity index (χ4v) is 1.47. The molecular formula is C10H20N6O. The number of nitrogens with one attached hydrogen (secondary N) is 1. The van der Waals surface area contributed by atoms with Gasteiger partial charge in [0.1, 0.15) is 5.69 Å². The van der Waals surface area contributed by atoms with Gasteiger partial charge in [-0.2, -0.15) is 4.68 Å². The Morgan fingerprint density at radius 2 is 2.00 bits per heavy atom. The number of hydrogen-bond donors (Lipinski definition) is 2. The molecule has 3 N–H and O–H groups in total. The summed E-state index contributed by atoms with van der Waals surface area (Å²) in [5, 5.41) is 10.6. The molecule has 0 saturated heterocycles. The molecule has 1 rings (SSSR count). The minimum Gasteiger partial charge on any atom is -0.352 e. The Morgan fingerprint density at radius 1 is 1.35 bits per heavy atom. The zero-order chi connectivity index (χ0) is 12.8. The van der Waals surface area contributed by atoms with Gasteiger partial charge in [-0.15, -0.1) is 10.2 Å². The highest BCUT2D eigenvalue weighted by Gasteiger charge is 2.06. The maximum Gasteiger partial charge on any atom is 0.295 e. The lowest BCUT2D eigenvalue weighted by Gasteiger charge is -2.18. The Balaban J connectivity index is 2.59. The second kappa shape index (κ2) is 6.19. The van der Waals surface area contributed by atoms with E-state index >= 15 is 0 Å². The first-order valence-corrected chi connectivity index (χ1v) is 5.77. The average Bonchev–Trinajstić information content (AvgIpc) is 2.34. The van der Waals surface area contributed by atoms with E-state index in [1.54, 1.807) is 6.92 Å². The fraction of sp³-hybridized carbons (Fsp3) is 0.700. The van der Waals surface area contributed by atoms with Crippen molar-refractivity contribution in [1.82, 2.24) is 19.8 Å². The van der Waals surface area contributed by atoms with E-state index in [9.17, 15) is 4.79 Å². The standard InChI is InChI=1S/C10H20N6O/c1-4-15(5-2)7-6-12-10-14-13-8(3)9(17)16(10)11/h4-7,11H2,1-3H3,(H,12,14). The minimum atomic E-state index is -0.328. The fourth-order valence-electron chi connectivity index (χ4n) is 1.47. The van der Waals surface area contributed by atoms with Crippen molar-refractivity contribution in [2.45, 2.75) is 20.8 Å². The molecule has 1 aromatic rings. The number of nitrogens with zero attached hydrogens (tertiary/aromatic N) is 4. The van der Waals surface area contributed by atoms with Crippen LogP contribution in [0.3, 0.4) is 0 Å². The molecule has 7 nitrogen and oxygen atoms in total. The van der Waals surface area contributed by atoms with Gasteiger partial charge in [-0.05, 0) is 20.0 Å². The second-order valence-corrected chi connectivity index (χ2v) is 3.74. The summed E-state index contributed by atoms with van der Waals surface area (Å²) in [5.41, 5.74) is -0.0351. The molecule has 7 heteroatoms. The van der Waals surface area contributed by atoms with Crippen molar-refractivity contribution in [3.8, 4) is 0 Å². The van der Waals surface area contributed by atoms with Gasteiger partial charge in [0.25, 0.3) is 5.56 Å². The van der Waals surface area contributed by atoms with Crippen LogP contribution in [0.1, 0.15) is 19.5 Å². The molecule has 0 aliphatic rings. The van der Waals surface area contributed by atoms with Gasteiger partial charge in [-0.3, -0.25) is 4.79 Å². The first-order chi connectivity index (χ1) is 8.10. The number of likely N-dealkylation sites (N-methyl/N-ethyl adjacent to an activating group) is 1. The summed E-state index contributed by atoms with van der Waals surface area (Å²) in [4.78, 5) is 13.7. The molecule has 1 aromatic heterocycles. The molecule has 0 bridgehead atoms. The molecule has 0 atom stereocenters. The molecule has 0 unspecified atom stereocenters. The second-order valence-electron chi connectivity index (χ2n) is 3.74. The van der Waals surface area contributed by atoms with E-state index in [4.69, 9.17) is 5.84 Å². The number of hydrogen-bond acceptors (Lipinski definition) is 6. The van der Waals surface area contributed by atoms with E-state index in [0.717, 1.165) is 24.3 Å². The molecule has 0 aromatic carbocycles. The van der Waals surface area contributed by atoms with Gasteiger partial charge in [-0.1, -0.05) is 13.8 Å². The third-order valence-corrected chi connectivity index (χ3v) is 2.66. The Morgan fingerprint density at radius 3 is 2.59 bits per heavy atom. The molecule has 0 aliphatic carbocycles. The smallest absolute Gasteiger partial charge is 0.295 e. The van der Waals surface area contributed by atoms with Gasteiger partial charge in [0.2, 0.25) is 5.95 Å². The monoisotopic (exact) mass is 240 g/mol. The van der Waals surface area contributed by atoms with Crippen molar-refractivity contribution in [1.29, 1.82) is 0 Å². The summed E-state index contributed by atoms with van der Waals surface area (Å²) in [7, 11) is 0. The van der Waals surface area contributed by atoms with E-state index in [0.29, 0.717) is 18.2 Å². The van der Waals surface area contributed by atoms with E-state index in [1.165, 1.54) is 0 Å². The van der Waals surface area contributed by atoms with Gasteiger partial charge in [-0.25, -0.2) is 0 Å². The first kappa shape index (κ1) is 13.4. The van der Waals surface area contributed by atoms with Crippen molar-refractivity contribution in [3.63, 3.8) is 0 Å². The normalized spacial score (nSPS) is 10.8. The summed E-state index contributed by atoms with van der Waals surface area (Å²) in [5.74, 6) is 5.89. The van der Waals surface area contributed by atoms with E-state index < -0.39 is 0 Å². The summed E-state index contributed by atoms with van der Waals surface area (Å²) in [6.07, 6.45) is 0. The molecule has 0 aliphatic heterocycles. The van der Waals surface area contributed by atoms with Gasteiger partial charge >= 0.3 is 0 Å². The lowest BCUT2D eigenvalue weighted by atomic mass is 10.4. The Kier molecular flexibility index (Phi) is 4.89. The molecule has 1 heterocycles. The SMILES string of the molecule is CCN(CC)CCNc1nnc(C)c(=O)n1N. The Labute approximate surface area is 101 Å². The van der Waals surface area contributed by atoms with Crippen LogP contribution in [0.5, 0.6) is 0 Å². The van der Waals surface area contributed by atoms with Crippen LogP contribution in [0.25, 0.3) is 0 Å². The van der Waals surface area contributed by atoms with Crippen LogP contribution in [0.2, 0.25) is 0 Å². The molecular weight excluding hydrogens is 220 g/mol. The van der Waals surface area contributed by atoms with Crippen LogP contribution >= 0.6 is 0 Å². The number of anilines is 1. The van der Waals surface area contributed by atoms with E-state index in [1.807, 2.05) is 0 Å². The highest BCUT2D eigenvalue weighted by Crippen LogP contribution is 1.94. The van der Waals surface area contributed by atoms with Crippen molar-refractivity contribution >= 4 is 5.95 Å². The molecule has 0 saturated carbocycles. The predicted molar refractivity (Wildman–Crippen MR) is 67.5 cm³/mol. The van der Waals surface area contributed by atoms with Crippen LogP contribution in [0.15, 0.2) is 4.79 Å².